The number of nitrogens with zero attached hydrogens (tertiary/aromatic N) is 1. The summed E-state index contributed by atoms with van der Waals surface area (Å²) in [7, 11) is 0. The summed E-state index contributed by atoms with van der Waals surface area (Å²) in [5, 5.41) is 9.26. The number of aliphatic carboxylic acids is 1. The maximum Gasteiger partial charge on any atom is 0.306 e. The van der Waals surface area contributed by atoms with Gasteiger partial charge in [0.2, 0.25) is 0 Å². The van der Waals surface area contributed by atoms with Gasteiger partial charge in [0.25, 0.3) is 0 Å². The number of hydrogen-bond donors (Lipinski definition) is 1. The Morgan fingerprint density at radius 1 is 0.960 bits per heavy atom. The number of rotatable bonds is 18. The van der Waals surface area contributed by atoms with Crippen molar-refractivity contribution in [2.75, 3.05) is 6.54 Å². The highest BCUT2D eigenvalue weighted by Gasteiger charge is 2.20. The van der Waals surface area contributed by atoms with E-state index in [-0.39, 0.29) is 12.2 Å². The lowest BCUT2D eigenvalue weighted by Crippen LogP contribution is -2.18. The highest BCUT2D eigenvalue weighted by atomic mass is 16.4. The molecule has 0 aromatic rings. The smallest absolute Gasteiger partial charge is 0.306 e. The van der Waals surface area contributed by atoms with Crippen molar-refractivity contribution in [2.45, 2.75) is 96.8 Å². The van der Waals surface area contributed by atoms with E-state index in [9.17, 15) is 14.7 Å². The van der Waals surface area contributed by atoms with Gasteiger partial charge in [-0.2, -0.15) is 0 Å². The van der Waals surface area contributed by atoms with Crippen LogP contribution in [0.25, 0.3) is 0 Å². The van der Waals surface area contributed by atoms with Gasteiger partial charge in [0.05, 0.1) is 5.92 Å². The Morgan fingerprint density at radius 2 is 1.56 bits per heavy atom. The van der Waals surface area contributed by atoms with Crippen molar-refractivity contribution in [1.29, 1.82) is 0 Å². The van der Waals surface area contributed by atoms with Crippen LogP contribution in [0, 0.1) is 5.92 Å². The van der Waals surface area contributed by atoms with Crippen molar-refractivity contribution < 1.29 is 14.7 Å². The first-order valence-electron chi connectivity index (χ1n) is 10.0. The summed E-state index contributed by atoms with van der Waals surface area (Å²) < 4.78 is 0. The van der Waals surface area contributed by atoms with E-state index in [4.69, 9.17) is 0 Å². The summed E-state index contributed by atoms with van der Waals surface area (Å²) in [4.78, 5) is 27.2. The lowest BCUT2D eigenvalue weighted by Gasteiger charge is -2.11. The van der Waals surface area contributed by atoms with E-state index in [1.807, 2.05) is 0 Å². The molecule has 1 atom stereocenters. The molecule has 0 saturated carbocycles. The van der Waals surface area contributed by atoms with E-state index in [0.717, 1.165) is 25.7 Å². The highest BCUT2D eigenvalue weighted by Crippen LogP contribution is 2.17. The predicted molar refractivity (Wildman–Crippen MR) is 104 cm³/mol. The van der Waals surface area contributed by atoms with Crippen molar-refractivity contribution in [3.8, 4) is 0 Å². The van der Waals surface area contributed by atoms with Crippen molar-refractivity contribution in [3.63, 3.8) is 0 Å². The standard InChI is InChI=1S/C21H37NO3/c1-3-5-6-7-8-9-10-11-12-16-20(23)18-19(21(24)25)15-13-14-17-22-4-2/h19H,2-3,5-18H2,1H3,(H,24,25). The number of hydrogen-bond acceptors (Lipinski definition) is 3. The zero-order valence-electron chi connectivity index (χ0n) is 16.1. The van der Waals surface area contributed by atoms with Crippen LogP contribution < -0.4 is 0 Å². The second-order valence-corrected chi connectivity index (χ2v) is 6.89. The quantitative estimate of drug-likeness (QED) is 0.258. The minimum absolute atomic E-state index is 0.0967. The van der Waals surface area contributed by atoms with Gasteiger partial charge in [-0.1, -0.05) is 64.7 Å². The Bertz CT molecular complexity index is 400. The lowest BCUT2D eigenvalue weighted by molar-refractivity contribution is -0.144. The molecular formula is C21H37NO3. The van der Waals surface area contributed by atoms with E-state index < -0.39 is 11.9 Å². The molecule has 0 fully saturated rings. The largest absolute Gasteiger partial charge is 0.481 e. The van der Waals surface area contributed by atoms with Crippen LogP contribution >= 0.6 is 0 Å². The summed E-state index contributed by atoms with van der Waals surface area (Å²) in [6.45, 7) is 6.25. The lowest BCUT2D eigenvalue weighted by atomic mass is 9.94. The molecule has 0 aromatic carbocycles. The Hall–Kier alpha value is -1.41. The maximum atomic E-state index is 12.0. The van der Waals surface area contributed by atoms with Crippen molar-refractivity contribution in [1.82, 2.24) is 0 Å². The van der Waals surface area contributed by atoms with Crippen LogP contribution in [0.4, 0.5) is 0 Å². The Morgan fingerprint density at radius 3 is 2.12 bits per heavy atom. The van der Waals surface area contributed by atoms with E-state index in [1.54, 1.807) is 0 Å². The number of aliphatic imine (C=N–C) groups is 1. The second-order valence-electron chi connectivity index (χ2n) is 6.89. The molecule has 0 radical (unpaired) electrons. The second kappa shape index (κ2) is 17.4. The first kappa shape index (κ1) is 23.6. The van der Waals surface area contributed by atoms with Crippen LogP contribution in [-0.4, -0.2) is 29.3 Å². The minimum atomic E-state index is -0.854. The Kier molecular flexibility index (Phi) is 16.4. The predicted octanol–water partition coefficient (Wildman–Crippen LogP) is 5.59. The molecule has 0 aromatic heterocycles. The molecule has 0 aliphatic rings. The van der Waals surface area contributed by atoms with Crippen LogP contribution in [0.2, 0.25) is 0 Å². The van der Waals surface area contributed by atoms with Crippen LogP contribution in [-0.2, 0) is 9.59 Å². The Balaban J connectivity index is 3.71. The van der Waals surface area contributed by atoms with Gasteiger partial charge < -0.3 is 5.11 Å². The molecule has 1 N–H and O–H groups in total. The number of Topliss-reactive ketones (excluding diaryl/α,β-unsaturated/α-hetero) is 1. The van der Waals surface area contributed by atoms with Gasteiger partial charge in [0.1, 0.15) is 5.78 Å². The zero-order valence-corrected chi connectivity index (χ0v) is 16.1. The summed E-state index contributed by atoms with van der Waals surface area (Å²) >= 11 is 0. The first-order valence-corrected chi connectivity index (χ1v) is 10.0. The summed E-state index contributed by atoms with van der Waals surface area (Å²) in [6.07, 6.45) is 13.8. The fraction of sp³-hybridized carbons (Fsp3) is 0.810. The average molecular weight is 352 g/mol. The highest BCUT2D eigenvalue weighted by molar-refractivity contribution is 5.83. The summed E-state index contributed by atoms with van der Waals surface area (Å²) in [5.74, 6) is 1.17. The van der Waals surface area contributed by atoms with Gasteiger partial charge in [-0.25, -0.2) is 4.99 Å². The van der Waals surface area contributed by atoms with E-state index in [2.05, 4.69) is 24.4 Å². The number of unbranched alkanes of at least 4 members (excludes halogenated alkanes) is 9. The summed E-state index contributed by atoms with van der Waals surface area (Å²) in [6, 6.07) is 0. The normalized spacial score (nSPS) is 11.7. The molecule has 0 aliphatic carbocycles. The molecular weight excluding hydrogens is 314 g/mol. The Labute approximate surface area is 153 Å². The zero-order chi connectivity index (χ0) is 18.8. The number of ketones is 1. The maximum absolute atomic E-state index is 12.0. The van der Waals surface area contributed by atoms with Gasteiger partial charge in [-0.15, -0.1) is 0 Å². The molecule has 0 amide bonds. The number of carbonyl (C=O) groups excluding carboxylic acids is 1. The van der Waals surface area contributed by atoms with Crippen LogP contribution in [0.15, 0.2) is 11.6 Å². The molecule has 4 nitrogen and oxygen atoms in total. The number of carboxylic acid groups (broad SMARTS) is 1. The molecule has 25 heavy (non-hydrogen) atoms. The van der Waals surface area contributed by atoms with Crippen LogP contribution in [0.5, 0.6) is 0 Å². The third kappa shape index (κ3) is 15.8. The average Bonchev–Trinajstić information content (AvgIpc) is 2.59. The van der Waals surface area contributed by atoms with Crippen molar-refractivity contribution in [3.05, 3.63) is 6.58 Å². The fourth-order valence-electron chi connectivity index (χ4n) is 2.98. The van der Waals surface area contributed by atoms with Gasteiger partial charge >= 0.3 is 5.97 Å². The van der Waals surface area contributed by atoms with Gasteiger partial charge in [0, 0.05) is 19.4 Å². The summed E-state index contributed by atoms with van der Waals surface area (Å²) in [5.41, 5.74) is 0. The molecule has 0 aliphatic heterocycles. The van der Waals surface area contributed by atoms with E-state index in [0.29, 0.717) is 19.4 Å². The monoisotopic (exact) mass is 351 g/mol. The molecule has 0 spiro atoms. The molecule has 4 heteroatoms. The molecule has 0 heterocycles. The molecule has 0 saturated heterocycles. The molecule has 0 bridgehead atoms. The van der Waals surface area contributed by atoms with Gasteiger partial charge in [-0.05, 0) is 31.7 Å². The van der Waals surface area contributed by atoms with Crippen molar-refractivity contribution >= 4 is 17.6 Å². The third-order valence-electron chi connectivity index (χ3n) is 4.57. The first-order chi connectivity index (χ1) is 12.1. The topological polar surface area (TPSA) is 66.7 Å². The van der Waals surface area contributed by atoms with Gasteiger partial charge in [0.15, 0.2) is 0 Å². The van der Waals surface area contributed by atoms with E-state index in [1.165, 1.54) is 44.9 Å². The minimum Gasteiger partial charge on any atom is -0.481 e. The molecule has 0 rings (SSSR count). The number of carboxylic acids is 1. The molecule has 1 unspecified atom stereocenters. The van der Waals surface area contributed by atoms with Crippen LogP contribution in [0.1, 0.15) is 96.8 Å². The third-order valence-corrected chi connectivity index (χ3v) is 4.57. The molecule has 144 valence electrons. The fourth-order valence-corrected chi connectivity index (χ4v) is 2.98. The number of carbonyl (C=O) groups is 2. The van der Waals surface area contributed by atoms with Crippen LogP contribution in [0.3, 0.4) is 0 Å². The van der Waals surface area contributed by atoms with Gasteiger partial charge in [-0.3, -0.25) is 9.59 Å². The van der Waals surface area contributed by atoms with Crippen molar-refractivity contribution in [2.24, 2.45) is 10.9 Å². The van der Waals surface area contributed by atoms with E-state index >= 15 is 0 Å². The SMILES string of the molecule is C=C=NCCCCC(CC(=O)CCCCCCCCCCC)C(=O)O.